The first-order valence-electron chi connectivity index (χ1n) is 11.7. The van der Waals surface area contributed by atoms with Crippen LogP contribution in [0.25, 0.3) is 10.9 Å². The van der Waals surface area contributed by atoms with Crippen molar-refractivity contribution in [1.29, 1.82) is 0 Å². The van der Waals surface area contributed by atoms with Crippen molar-refractivity contribution in [3.63, 3.8) is 0 Å². The second-order valence-electron chi connectivity index (χ2n) is 8.38. The molecule has 2 amide bonds. The molecule has 4 rings (SSSR count). The molecular weight excluding hydrogens is 489 g/mol. The van der Waals surface area contributed by atoms with E-state index in [1.54, 1.807) is 31.3 Å². The number of nitrogens with zero attached hydrogens (tertiary/aromatic N) is 3. The van der Waals surface area contributed by atoms with Gasteiger partial charge in [-0.3, -0.25) is 0 Å². The number of hydrogen-bond acceptors (Lipinski definition) is 7. The maximum absolute atomic E-state index is 13.6. The summed E-state index contributed by atoms with van der Waals surface area (Å²) in [5.74, 6) is 1.14. The number of methoxy groups -OCH3 is 2. The van der Waals surface area contributed by atoms with Gasteiger partial charge in [-0.25, -0.2) is 19.2 Å². The van der Waals surface area contributed by atoms with Crippen molar-refractivity contribution in [2.75, 3.05) is 45.8 Å². The number of aromatic nitrogens is 2. The molecule has 2 N–H and O–H groups in total. The van der Waals surface area contributed by atoms with Gasteiger partial charge >= 0.3 is 6.03 Å². The molecule has 2 heterocycles. The average molecular weight is 518 g/mol. The summed E-state index contributed by atoms with van der Waals surface area (Å²) in [7, 11) is 3.22. The molecule has 0 unspecified atom stereocenters. The SMILES string of the molecule is COCCCNC(=O)N1CCC(Oc2cc3c(Nc4ccc(F)c(Cl)c4)ncnc3cc2OC)CC1. The minimum atomic E-state index is -0.496. The monoisotopic (exact) mass is 517 g/mol. The fraction of sp³-hybridized carbons (Fsp3) is 0.400. The summed E-state index contributed by atoms with van der Waals surface area (Å²) in [5, 5.41) is 6.81. The van der Waals surface area contributed by atoms with Crippen molar-refractivity contribution in [2.45, 2.75) is 25.4 Å². The van der Waals surface area contributed by atoms with Crippen LogP contribution in [0, 0.1) is 5.82 Å². The van der Waals surface area contributed by atoms with E-state index in [0.29, 0.717) is 73.0 Å². The third-order valence-electron chi connectivity index (χ3n) is 5.93. The van der Waals surface area contributed by atoms with E-state index in [4.69, 9.17) is 25.8 Å². The molecule has 3 aromatic rings. The number of nitrogens with one attached hydrogen (secondary N) is 2. The zero-order chi connectivity index (χ0) is 25.5. The lowest BCUT2D eigenvalue weighted by Crippen LogP contribution is -2.46. The molecule has 36 heavy (non-hydrogen) atoms. The van der Waals surface area contributed by atoms with Crippen LogP contribution in [0.2, 0.25) is 5.02 Å². The summed E-state index contributed by atoms with van der Waals surface area (Å²) in [6.45, 7) is 2.39. The van der Waals surface area contributed by atoms with E-state index in [9.17, 15) is 9.18 Å². The quantitative estimate of drug-likeness (QED) is 0.395. The Kier molecular flexibility index (Phi) is 8.61. The minimum absolute atomic E-state index is 0.0130. The average Bonchev–Trinajstić information content (AvgIpc) is 2.89. The first-order chi connectivity index (χ1) is 17.5. The Morgan fingerprint density at radius 2 is 1.97 bits per heavy atom. The van der Waals surface area contributed by atoms with Gasteiger partial charge in [0.15, 0.2) is 11.5 Å². The lowest BCUT2D eigenvalue weighted by Gasteiger charge is -2.32. The van der Waals surface area contributed by atoms with Crippen LogP contribution in [0.5, 0.6) is 11.5 Å². The third-order valence-corrected chi connectivity index (χ3v) is 6.22. The van der Waals surface area contributed by atoms with E-state index in [2.05, 4.69) is 20.6 Å². The van der Waals surface area contributed by atoms with E-state index in [-0.39, 0.29) is 17.2 Å². The van der Waals surface area contributed by atoms with Gasteiger partial charge in [-0.15, -0.1) is 0 Å². The number of benzene rings is 2. The van der Waals surface area contributed by atoms with Crippen molar-refractivity contribution < 1.29 is 23.4 Å². The number of rotatable bonds is 9. The Morgan fingerprint density at radius 1 is 1.17 bits per heavy atom. The molecule has 0 radical (unpaired) electrons. The van der Waals surface area contributed by atoms with Gasteiger partial charge in [0.25, 0.3) is 0 Å². The summed E-state index contributed by atoms with van der Waals surface area (Å²) < 4.78 is 30.4. The fourth-order valence-corrected chi connectivity index (χ4v) is 4.19. The second-order valence-corrected chi connectivity index (χ2v) is 8.79. The van der Waals surface area contributed by atoms with Crippen LogP contribution < -0.4 is 20.1 Å². The largest absolute Gasteiger partial charge is 0.493 e. The number of amides is 2. The summed E-state index contributed by atoms with van der Waals surface area (Å²) in [5.41, 5.74) is 1.25. The molecule has 0 bridgehead atoms. The highest BCUT2D eigenvalue weighted by molar-refractivity contribution is 6.31. The van der Waals surface area contributed by atoms with E-state index in [1.165, 1.54) is 18.5 Å². The van der Waals surface area contributed by atoms with Crippen molar-refractivity contribution in [2.24, 2.45) is 0 Å². The summed E-state index contributed by atoms with van der Waals surface area (Å²) in [6, 6.07) is 7.92. The number of hydrogen-bond donors (Lipinski definition) is 2. The number of halogens is 2. The Morgan fingerprint density at radius 3 is 2.69 bits per heavy atom. The maximum atomic E-state index is 13.6. The molecule has 11 heteroatoms. The molecule has 9 nitrogen and oxygen atoms in total. The predicted octanol–water partition coefficient (Wildman–Crippen LogP) is 4.76. The van der Waals surface area contributed by atoms with E-state index in [1.807, 2.05) is 6.07 Å². The molecule has 1 fully saturated rings. The summed E-state index contributed by atoms with van der Waals surface area (Å²) >= 11 is 5.92. The number of ether oxygens (including phenoxy) is 3. The summed E-state index contributed by atoms with van der Waals surface area (Å²) in [4.78, 5) is 22.9. The predicted molar refractivity (Wildman–Crippen MR) is 136 cm³/mol. The zero-order valence-electron chi connectivity index (χ0n) is 20.2. The minimum Gasteiger partial charge on any atom is -0.493 e. The molecule has 1 aliphatic rings. The van der Waals surface area contributed by atoms with Gasteiger partial charge in [0.05, 0.1) is 17.6 Å². The summed E-state index contributed by atoms with van der Waals surface area (Å²) in [6.07, 6.45) is 3.52. The number of urea groups is 1. The van der Waals surface area contributed by atoms with Crippen LogP contribution in [-0.4, -0.2) is 67.5 Å². The Labute approximate surface area is 213 Å². The molecule has 192 valence electrons. The first kappa shape index (κ1) is 25.7. The van der Waals surface area contributed by atoms with Crippen LogP contribution >= 0.6 is 11.6 Å². The Balaban J connectivity index is 1.46. The number of carbonyl (C=O) groups is 1. The first-order valence-corrected chi connectivity index (χ1v) is 12.1. The normalized spacial score (nSPS) is 14.1. The van der Waals surface area contributed by atoms with Crippen molar-refractivity contribution in [3.8, 4) is 11.5 Å². The smallest absolute Gasteiger partial charge is 0.317 e. The molecule has 0 atom stereocenters. The number of fused-ring (bicyclic) bond motifs is 1. The Hall–Kier alpha value is -3.37. The highest BCUT2D eigenvalue weighted by Crippen LogP contribution is 2.36. The van der Waals surface area contributed by atoms with Crippen LogP contribution in [0.1, 0.15) is 19.3 Å². The molecule has 0 spiro atoms. The standard InChI is InChI=1S/C25H29ClFN5O4/c1-34-11-3-8-28-25(33)32-9-6-17(7-10-32)36-23-13-18-21(14-22(23)35-2)29-15-30-24(18)31-16-4-5-20(27)19(26)12-16/h4-5,12-15,17H,3,6-11H2,1-2H3,(H,28,33)(H,29,30,31). The zero-order valence-corrected chi connectivity index (χ0v) is 21.0. The van der Waals surface area contributed by atoms with Gasteiger partial charge < -0.3 is 29.7 Å². The second kappa shape index (κ2) is 12.0. The molecule has 0 aliphatic carbocycles. The van der Waals surface area contributed by atoms with Gasteiger partial charge in [-0.05, 0) is 30.7 Å². The van der Waals surface area contributed by atoms with Crippen molar-refractivity contribution >= 4 is 40.0 Å². The van der Waals surface area contributed by atoms with Crippen molar-refractivity contribution in [3.05, 3.63) is 47.5 Å². The number of carbonyl (C=O) groups excluding carboxylic acids is 1. The third kappa shape index (κ3) is 6.24. The van der Waals surface area contributed by atoms with E-state index in [0.717, 1.165) is 6.42 Å². The number of piperidine rings is 1. The van der Waals surface area contributed by atoms with Gasteiger partial charge in [0.2, 0.25) is 0 Å². The molecule has 1 saturated heterocycles. The van der Waals surface area contributed by atoms with E-state index >= 15 is 0 Å². The molecule has 2 aromatic carbocycles. The number of likely N-dealkylation sites (tertiary alicyclic amines) is 1. The molecule has 1 aliphatic heterocycles. The lowest BCUT2D eigenvalue weighted by atomic mass is 10.1. The highest BCUT2D eigenvalue weighted by Gasteiger charge is 2.25. The number of anilines is 2. The van der Waals surface area contributed by atoms with Crippen LogP contribution in [0.3, 0.4) is 0 Å². The van der Waals surface area contributed by atoms with Gasteiger partial charge in [-0.2, -0.15) is 0 Å². The Bertz CT molecular complexity index is 1210. The molecular formula is C25H29ClFN5O4. The lowest BCUT2D eigenvalue weighted by molar-refractivity contribution is 0.108. The maximum Gasteiger partial charge on any atom is 0.317 e. The highest BCUT2D eigenvalue weighted by atomic mass is 35.5. The van der Waals surface area contributed by atoms with Crippen LogP contribution in [0.15, 0.2) is 36.7 Å². The topological polar surface area (TPSA) is 97.8 Å². The van der Waals surface area contributed by atoms with Crippen LogP contribution in [-0.2, 0) is 4.74 Å². The van der Waals surface area contributed by atoms with E-state index < -0.39 is 5.82 Å². The van der Waals surface area contributed by atoms with Crippen LogP contribution in [0.4, 0.5) is 20.7 Å². The van der Waals surface area contributed by atoms with Gasteiger partial charge in [0.1, 0.15) is 24.1 Å². The van der Waals surface area contributed by atoms with Gasteiger partial charge in [0, 0.05) is 63.3 Å². The van der Waals surface area contributed by atoms with Crippen molar-refractivity contribution in [1.82, 2.24) is 20.2 Å². The van der Waals surface area contributed by atoms with Gasteiger partial charge in [-0.1, -0.05) is 11.6 Å². The fourth-order valence-electron chi connectivity index (χ4n) is 4.01. The molecule has 0 saturated carbocycles. The molecule has 1 aromatic heterocycles.